The lowest BCUT2D eigenvalue weighted by Gasteiger charge is -2.29. The summed E-state index contributed by atoms with van der Waals surface area (Å²) in [6.45, 7) is 0. The third kappa shape index (κ3) is 5.44. The zero-order valence-electron chi connectivity index (χ0n) is 23.4. The number of ether oxygens (including phenoxy) is 1. The number of aryl methyl sites for hydroxylation is 2. The zero-order chi connectivity index (χ0) is 28.1. The fraction of sp³-hybridized carbons (Fsp3) is 0.0769. The van der Waals surface area contributed by atoms with E-state index < -0.39 is 15.8 Å². The van der Waals surface area contributed by atoms with Gasteiger partial charge >= 0.3 is 0 Å². The molecule has 0 aromatic heterocycles. The Balaban J connectivity index is 1.43. The summed E-state index contributed by atoms with van der Waals surface area (Å²) in [4.78, 5) is 0. The quantitative estimate of drug-likeness (QED) is 0.186. The van der Waals surface area contributed by atoms with E-state index in [0.29, 0.717) is 0 Å². The first-order valence-corrected chi connectivity index (χ1v) is 17.3. The van der Waals surface area contributed by atoms with Crippen molar-refractivity contribution in [3.05, 3.63) is 169 Å². The van der Waals surface area contributed by atoms with Gasteiger partial charge in [-0.1, -0.05) is 158 Å². The molecular formula is C39H32OP2. The van der Waals surface area contributed by atoms with Crippen molar-refractivity contribution in [2.75, 3.05) is 0 Å². The molecule has 7 rings (SSSR count). The zero-order valence-corrected chi connectivity index (χ0v) is 25.2. The number of para-hydroxylation sites is 2. The number of fused-ring (bicyclic) bond motifs is 2. The lowest BCUT2D eigenvalue weighted by molar-refractivity contribution is 0.469. The lowest BCUT2D eigenvalue weighted by Crippen LogP contribution is -2.25. The van der Waals surface area contributed by atoms with Gasteiger partial charge in [0, 0.05) is 10.6 Å². The Labute approximate surface area is 251 Å². The van der Waals surface area contributed by atoms with Gasteiger partial charge in [-0.25, -0.2) is 0 Å². The van der Waals surface area contributed by atoms with Crippen LogP contribution in [-0.2, 0) is 12.8 Å². The summed E-state index contributed by atoms with van der Waals surface area (Å²) >= 11 is 0. The Morgan fingerprint density at radius 2 is 0.690 bits per heavy atom. The highest BCUT2D eigenvalue weighted by molar-refractivity contribution is 7.80. The SMILES string of the molecule is c1ccc(P(c2ccccc2)c2cccc3c2Oc2c(cccc2P(c2ccccc2)c2ccccc2)CCC3)cc1. The Kier molecular flexibility index (Phi) is 7.97. The molecule has 6 aromatic rings. The van der Waals surface area contributed by atoms with Gasteiger partial charge in [-0.3, -0.25) is 0 Å². The van der Waals surface area contributed by atoms with Crippen LogP contribution >= 0.6 is 15.8 Å². The molecule has 0 atom stereocenters. The van der Waals surface area contributed by atoms with E-state index in [0.717, 1.165) is 30.8 Å². The van der Waals surface area contributed by atoms with Crippen LogP contribution in [0.3, 0.4) is 0 Å². The van der Waals surface area contributed by atoms with Gasteiger partial charge in [0.1, 0.15) is 11.5 Å². The molecule has 0 N–H and O–H groups in total. The van der Waals surface area contributed by atoms with Crippen LogP contribution in [0.5, 0.6) is 11.5 Å². The van der Waals surface area contributed by atoms with Crippen LogP contribution in [0.15, 0.2) is 158 Å². The molecule has 1 aliphatic heterocycles. The second kappa shape index (κ2) is 12.5. The highest BCUT2D eigenvalue weighted by Crippen LogP contribution is 2.44. The average Bonchev–Trinajstić information content (AvgIpc) is 3.04. The van der Waals surface area contributed by atoms with Crippen LogP contribution in [0.1, 0.15) is 17.5 Å². The maximum Gasteiger partial charge on any atom is 0.138 e. The maximum atomic E-state index is 7.33. The number of hydrogen-bond acceptors (Lipinski definition) is 1. The molecule has 0 bridgehead atoms. The van der Waals surface area contributed by atoms with Gasteiger partial charge in [-0.2, -0.15) is 0 Å². The summed E-state index contributed by atoms with van der Waals surface area (Å²) in [5, 5.41) is 7.91. The van der Waals surface area contributed by atoms with Crippen LogP contribution in [0.2, 0.25) is 0 Å². The first-order valence-electron chi connectivity index (χ1n) is 14.6. The largest absolute Gasteiger partial charge is 0.455 e. The van der Waals surface area contributed by atoms with E-state index in [-0.39, 0.29) is 0 Å². The molecule has 6 aromatic carbocycles. The molecule has 0 aliphatic carbocycles. The van der Waals surface area contributed by atoms with Gasteiger partial charge in [-0.15, -0.1) is 0 Å². The fourth-order valence-corrected chi connectivity index (χ4v) is 10.7. The lowest BCUT2D eigenvalue weighted by atomic mass is 10.0. The topological polar surface area (TPSA) is 9.23 Å². The Morgan fingerprint density at radius 3 is 1.02 bits per heavy atom. The molecule has 0 saturated carbocycles. The average molecular weight is 579 g/mol. The summed E-state index contributed by atoms with van der Waals surface area (Å²) in [5.41, 5.74) is 2.60. The smallest absolute Gasteiger partial charge is 0.138 e. The van der Waals surface area contributed by atoms with Crippen molar-refractivity contribution in [3.8, 4) is 11.5 Å². The van der Waals surface area contributed by atoms with Gasteiger partial charge in [0.15, 0.2) is 0 Å². The second-order valence-electron chi connectivity index (χ2n) is 10.5. The van der Waals surface area contributed by atoms with Gasteiger partial charge in [0.25, 0.3) is 0 Å². The van der Waals surface area contributed by atoms with Crippen molar-refractivity contribution < 1.29 is 4.74 Å². The predicted octanol–water partition coefficient (Wildman–Crippen LogP) is 7.48. The molecule has 0 saturated heterocycles. The number of hydrogen-bond donors (Lipinski definition) is 0. The first kappa shape index (κ1) is 26.9. The first-order chi connectivity index (χ1) is 20.9. The number of benzene rings is 6. The van der Waals surface area contributed by atoms with Crippen LogP contribution < -0.4 is 36.6 Å². The minimum atomic E-state index is -0.803. The van der Waals surface area contributed by atoms with E-state index in [9.17, 15) is 0 Å². The van der Waals surface area contributed by atoms with E-state index in [2.05, 4.69) is 158 Å². The minimum Gasteiger partial charge on any atom is -0.455 e. The van der Waals surface area contributed by atoms with Crippen molar-refractivity contribution in [2.24, 2.45) is 0 Å². The molecule has 1 heterocycles. The molecule has 0 fully saturated rings. The van der Waals surface area contributed by atoms with Gasteiger partial charge in [0.2, 0.25) is 0 Å². The van der Waals surface area contributed by atoms with Crippen LogP contribution in [0.4, 0.5) is 0 Å². The van der Waals surface area contributed by atoms with Crippen molar-refractivity contribution in [3.63, 3.8) is 0 Å². The van der Waals surface area contributed by atoms with E-state index >= 15 is 0 Å². The third-order valence-corrected chi connectivity index (χ3v) is 12.7. The van der Waals surface area contributed by atoms with Crippen molar-refractivity contribution in [2.45, 2.75) is 19.3 Å². The highest BCUT2D eigenvalue weighted by Gasteiger charge is 2.28. The maximum absolute atomic E-state index is 7.33. The molecule has 3 heteroatoms. The standard InChI is InChI=1S/C39H32OP2/c1-5-20-32(21-6-1)41(33-22-7-2-8-23-33)36-28-14-18-30-16-13-17-31-19-15-29-37(39(31)40-38(30)36)42(34-24-9-3-10-25-34)35-26-11-4-12-27-35/h1-12,14-15,18-29H,13,16-17H2. The predicted molar refractivity (Wildman–Crippen MR) is 182 cm³/mol. The van der Waals surface area contributed by atoms with Crippen molar-refractivity contribution in [1.29, 1.82) is 0 Å². The molecule has 0 spiro atoms. The fourth-order valence-electron chi connectivity index (χ4n) is 5.86. The summed E-state index contributed by atoms with van der Waals surface area (Å²) < 4.78 is 7.33. The Morgan fingerprint density at radius 1 is 0.357 bits per heavy atom. The second-order valence-corrected chi connectivity index (χ2v) is 14.9. The van der Waals surface area contributed by atoms with E-state index in [1.807, 2.05) is 0 Å². The molecule has 0 radical (unpaired) electrons. The molecule has 1 nitrogen and oxygen atoms in total. The molecule has 204 valence electrons. The van der Waals surface area contributed by atoms with Gasteiger partial charge in [0.05, 0.1) is 0 Å². The van der Waals surface area contributed by atoms with Crippen molar-refractivity contribution in [1.82, 2.24) is 0 Å². The molecule has 1 aliphatic rings. The van der Waals surface area contributed by atoms with Crippen LogP contribution in [-0.4, -0.2) is 0 Å². The van der Waals surface area contributed by atoms with Gasteiger partial charge in [-0.05, 0) is 67.5 Å². The van der Waals surface area contributed by atoms with Crippen LogP contribution in [0, 0.1) is 0 Å². The summed E-state index contributed by atoms with van der Waals surface area (Å²) in [6, 6.07) is 57.4. The molecule has 0 amide bonds. The summed E-state index contributed by atoms with van der Waals surface area (Å²) in [5.74, 6) is 2.08. The molecular weight excluding hydrogens is 546 g/mol. The number of rotatable bonds is 6. The highest BCUT2D eigenvalue weighted by atomic mass is 31.1. The minimum absolute atomic E-state index is 0.803. The summed E-state index contributed by atoms with van der Waals surface area (Å²) in [6.07, 6.45) is 3.11. The normalized spacial score (nSPS) is 12.6. The Bertz CT molecular complexity index is 1560. The van der Waals surface area contributed by atoms with E-state index in [1.54, 1.807) is 0 Å². The monoisotopic (exact) mass is 578 g/mol. The van der Waals surface area contributed by atoms with E-state index in [1.165, 1.54) is 43.0 Å². The van der Waals surface area contributed by atoms with E-state index in [4.69, 9.17) is 4.74 Å². The van der Waals surface area contributed by atoms with Gasteiger partial charge < -0.3 is 4.74 Å². The molecule has 0 unspecified atom stereocenters. The third-order valence-electron chi connectivity index (χ3n) is 7.79. The van der Waals surface area contributed by atoms with Crippen molar-refractivity contribution >= 4 is 47.7 Å². The summed E-state index contributed by atoms with van der Waals surface area (Å²) in [7, 11) is -1.61. The Hall–Kier alpha value is -4.02. The van der Waals surface area contributed by atoms with Crippen LogP contribution in [0.25, 0.3) is 0 Å². The molecule has 42 heavy (non-hydrogen) atoms.